The van der Waals surface area contributed by atoms with Gasteiger partial charge < -0.3 is 14.6 Å². The van der Waals surface area contributed by atoms with Crippen LogP contribution in [0.2, 0.25) is 0 Å². The molecule has 1 heterocycles. The van der Waals surface area contributed by atoms with Crippen molar-refractivity contribution in [2.75, 3.05) is 13.2 Å². The van der Waals surface area contributed by atoms with E-state index in [1.165, 1.54) is 27.8 Å². The van der Waals surface area contributed by atoms with E-state index >= 15 is 0 Å². The van der Waals surface area contributed by atoms with E-state index in [-0.39, 0.29) is 5.91 Å². The van der Waals surface area contributed by atoms with Gasteiger partial charge in [0.05, 0.1) is 24.1 Å². The Morgan fingerprint density at radius 3 is 2.36 bits per heavy atom. The molecule has 216 valence electrons. The first kappa shape index (κ1) is 29.1. The van der Waals surface area contributed by atoms with Gasteiger partial charge in [0, 0.05) is 19.5 Å². The summed E-state index contributed by atoms with van der Waals surface area (Å²) in [6.45, 7) is 6.49. The van der Waals surface area contributed by atoms with Crippen LogP contribution in [0, 0.1) is 13.8 Å². The molecule has 0 saturated carbocycles. The second kappa shape index (κ2) is 14.5. The number of benzene rings is 4. The molecule has 0 aliphatic rings. The second-order valence-corrected chi connectivity index (χ2v) is 11.0. The summed E-state index contributed by atoms with van der Waals surface area (Å²) in [5.74, 6) is 2.14. The number of carbonyl (C=O) groups is 1. The quantitative estimate of drug-likeness (QED) is 0.141. The Bertz CT molecular complexity index is 1590. The van der Waals surface area contributed by atoms with E-state index in [2.05, 4.69) is 78.3 Å². The molecule has 1 aromatic heterocycles. The molecular weight excluding hydrogens is 518 g/mol. The van der Waals surface area contributed by atoms with Crippen molar-refractivity contribution in [1.29, 1.82) is 0 Å². The molecule has 42 heavy (non-hydrogen) atoms. The predicted molar refractivity (Wildman–Crippen MR) is 172 cm³/mol. The number of fused-ring (bicyclic) bond motifs is 1. The number of rotatable bonds is 14. The molecule has 0 bridgehead atoms. The number of imidazole rings is 1. The third kappa shape index (κ3) is 7.88. The van der Waals surface area contributed by atoms with Gasteiger partial charge in [0.1, 0.15) is 11.6 Å². The van der Waals surface area contributed by atoms with Crippen molar-refractivity contribution >= 4 is 16.9 Å². The third-order valence-corrected chi connectivity index (χ3v) is 7.83. The zero-order valence-electron chi connectivity index (χ0n) is 24.8. The highest BCUT2D eigenvalue weighted by Gasteiger charge is 2.11. The first-order valence-electron chi connectivity index (χ1n) is 15.1. The van der Waals surface area contributed by atoms with Crippen LogP contribution in [0.1, 0.15) is 48.2 Å². The Morgan fingerprint density at radius 1 is 0.786 bits per heavy atom. The number of ether oxygens (including phenoxy) is 1. The van der Waals surface area contributed by atoms with Crippen LogP contribution in [-0.2, 0) is 24.2 Å². The van der Waals surface area contributed by atoms with Gasteiger partial charge in [-0.2, -0.15) is 0 Å². The average Bonchev–Trinajstić information content (AvgIpc) is 3.36. The van der Waals surface area contributed by atoms with E-state index in [0.29, 0.717) is 19.6 Å². The van der Waals surface area contributed by atoms with Crippen LogP contribution in [0.3, 0.4) is 0 Å². The molecule has 0 unspecified atom stereocenters. The van der Waals surface area contributed by atoms with Gasteiger partial charge in [-0.3, -0.25) is 4.79 Å². The number of nitrogens with one attached hydrogen (secondary N) is 1. The van der Waals surface area contributed by atoms with Crippen molar-refractivity contribution in [3.05, 3.63) is 120 Å². The lowest BCUT2D eigenvalue weighted by atomic mass is 10.0. The topological polar surface area (TPSA) is 56.1 Å². The fraction of sp³-hybridized carbons (Fsp3) is 0.297. The SMILES string of the molecule is Cc1ccc(OCCCn2c(CCCCCNC(=O)Cc3ccc(-c4ccccc4)cc3)nc3ccccc32)cc1C. The van der Waals surface area contributed by atoms with Gasteiger partial charge in [0.25, 0.3) is 0 Å². The second-order valence-electron chi connectivity index (χ2n) is 11.0. The number of aromatic nitrogens is 2. The van der Waals surface area contributed by atoms with Crippen LogP contribution in [0.15, 0.2) is 97.1 Å². The molecule has 0 saturated heterocycles. The third-order valence-electron chi connectivity index (χ3n) is 7.83. The lowest BCUT2D eigenvalue weighted by Crippen LogP contribution is -2.26. The minimum Gasteiger partial charge on any atom is -0.494 e. The van der Waals surface area contributed by atoms with Crippen LogP contribution in [-0.4, -0.2) is 28.6 Å². The number of hydrogen-bond donors (Lipinski definition) is 1. The zero-order chi connectivity index (χ0) is 29.1. The van der Waals surface area contributed by atoms with E-state index < -0.39 is 0 Å². The van der Waals surface area contributed by atoms with Crippen molar-refractivity contribution < 1.29 is 9.53 Å². The van der Waals surface area contributed by atoms with Crippen LogP contribution in [0.5, 0.6) is 5.75 Å². The van der Waals surface area contributed by atoms with Gasteiger partial charge >= 0.3 is 0 Å². The van der Waals surface area contributed by atoms with E-state index in [0.717, 1.165) is 61.3 Å². The maximum absolute atomic E-state index is 12.5. The average molecular weight is 560 g/mol. The molecule has 0 aliphatic carbocycles. The monoisotopic (exact) mass is 559 g/mol. The lowest BCUT2D eigenvalue weighted by Gasteiger charge is -2.11. The molecule has 5 aromatic rings. The van der Waals surface area contributed by atoms with E-state index in [9.17, 15) is 4.79 Å². The van der Waals surface area contributed by atoms with Crippen LogP contribution in [0.4, 0.5) is 0 Å². The van der Waals surface area contributed by atoms with Crippen LogP contribution < -0.4 is 10.1 Å². The largest absolute Gasteiger partial charge is 0.494 e. The summed E-state index contributed by atoms with van der Waals surface area (Å²) in [6.07, 6.45) is 5.30. The minimum absolute atomic E-state index is 0.0762. The summed E-state index contributed by atoms with van der Waals surface area (Å²) >= 11 is 0. The van der Waals surface area contributed by atoms with E-state index in [1.807, 2.05) is 42.5 Å². The Balaban J connectivity index is 1.04. The van der Waals surface area contributed by atoms with Gasteiger partial charge in [-0.15, -0.1) is 0 Å². The highest BCUT2D eigenvalue weighted by atomic mass is 16.5. The van der Waals surface area contributed by atoms with Crippen molar-refractivity contribution in [3.8, 4) is 16.9 Å². The summed E-state index contributed by atoms with van der Waals surface area (Å²) in [6, 6.07) is 33.2. The standard InChI is InChI=1S/C37H41N3O2/c1-28-17-22-33(26-29(28)2)42-25-11-24-40-35-15-9-8-14-34(35)39-36(40)16-7-4-10-23-38-37(41)27-30-18-20-32(21-19-30)31-12-5-3-6-13-31/h3,5-6,8-9,12-15,17-22,26H,4,7,10-11,16,23-25,27H2,1-2H3,(H,38,41). The first-order valence-corrected chi connectivity index (χ1v) is 15.1. The number of nitrogens with zero attached hydrogens (tertiary/aromatic N) is 2. The number of para-hydroxylation sites is 2. The van der Waals surface area contributed by atoms with Crippen molar-refractivity contribution in [1.82, 2.24) is 14.9 Å². The maximum atomic E-state index is 12.5. The molecular formula is C37H41N3O2. The van der Waals surface area contributed by atoms with Crippen molar-refractivity contribution in [2.24, 2.45) is 0 Å². The van der Waals surface area contributed by atoms with Gasteiger partial charge in [0.15, 0.2) is 0 Å². The minimum atomic E-state index is 0.0762. The maximum Gasteiger partial charge on any atom is 0.224 e. The number of unbranched alkanes of at least 4 members (excludes halogenated alkanes) is 2. The number of amides is 1. The summed E-state index contributed by atoms with van der Waals surface area (Å²) in [7, 11) is 0. The zero-order valence-corrected chi connectivity index (χ0v) is 24.8. The first-order chi connectivity index (χ1) is 20.6. The molecule has 0 aliphatic heterocycles. The van der Waals surface area contributed by atoms with Crippen LogP contribution in [0.25, 0.3) is 22.2 Å². The summed E-state index contributed by atoms with van der Waals surface area (Å²) < 4.78 is 8.38. The van der Waals surface area contributed by atoms with Gasteiger partial charge in [0.2, 0.25) is 5.91 Å². The molecule has 5 heteroatoms. The fourth-order valence-corrected chi connectivity index (χ4v) is 5.29. The summed E-state index contributed by atoms with van der Waals surface area (Å²) in [4.78, 5) is 17.4. The number of hydrogen-bond acceptors (Lipinski definition) is 3. The Kier molecular flexibility index (Phi) is 10.1. The van der Waals surface area contributed by atoms with Crippen LogP contribution >= 0.6 is 0 Å². The molecule has 0 atom stereocenters. The summed E-state index contributed by atoms with van der Waals surface area (Å²) in [5, 5.41) is 3.09. The summed E-state index contributed by atoms with van der Waals surface area (Å²) in [5.41, 5.74) is 8.15. The van der Waals surface area contributed by atoms with E-state index in [4.69, 9.17) is 9.72 Å². The smallest absolute Gasteiger partial charge is 0.224 e. The predicted octanol–water partition coefficient (Wildman–Crippen LogP) is 7.86. The highest BCUT2D eigenvalue weighted by Crippen LogP contribution is 2.21. The Morgan fingerprint density at radius 2 is 1.55 bits per heavy atom. The molecule has 1 amide bonds. The normalized spacial score (nSPS) is 11.1. The van der Waals surface area contributed by atoms with Crippen molar-refractivity contribution in [3.63, 3.8) is 0 Å². The molecule has 0 fully saturated rings. The molecule has 5 rings (SSSR count). The lowest BCUT2D eigenvalue weighted by molar-refractivity contribution is -0.120. The Labute approximate surface area is 249 Å². The number of carbonyl (C=O) groups excluding carboxylic acids is 1. The van der Waals surface area contributed by atoms with Gasteiger partial charge in [-0.25, -0.2) is 4.98 Å². The molecule has 5 nitrogen and oxygen atoms in total. The Hall–Kier alpha value is -4.38. The molecule has 0 spiro atoms. The highest BCUT2D eigenvalue weighted by molar-refractivity contribution is 5.79. The molecule has 4 aromatic carbocycles. The fourth-order valence-electron chi connectivity index (χ4n) is 5.29. The van der Waals surface area contributed by atoms with E-state index in [1.54, 1.807) is 0 Å². The molecule has 1 N–H and O–H groups in total. The molecule has 0 radical (unpaired) electrons. The van der Waals surface area contributed by atoms with Crippen molar-refractivity contribution in [2.45, 2.75) is 58.9 Å². The van der Waals surface area contributed by atoms with Gasteiger partial charge in [-0.1, -0.05) is 79.2 Å². The van der Waals surface area contributed by atoms with Gasteiger partial charge in [-0.05, 0) is 85.2 Å². The number of aryl methyl sites for hydroxylation is 4.